The van der Waals surface area contributed by atoms with Crippen LogP contribution in [-0.4, -0.2) is 87.4 Å². The first-order valence-electron chi connectivity index (χ1n) is 10.1. The third-order valence-corrected chi connectivity index (χ3v) is 7.51. The number of likely N-dealkylation sites (tertiary alicyclic amines) is 1. The molecule has 3 rings (SSSR count). The lowest BCUT2D eigenvalue weighted by molar-refractivity contribution is 0.0268. The molecule has 1 aromatic rings. The molecule has 1 amide bonds. The molecule has 2 saturated heterocycles. The third-order valence-electron chi connectivity index (χ3n) is 5.57. The van der Waals surface area contributed by atoms with Crippen molar-refractivity contribution in [3.63, 3.8) is 0 Å². The molecule has 0 N–H and O–H groups in total. The van der Waals surface area contributed by atoms with Gasteiger partial charge in [-0.15, -0.1) is 0 Å². The van der Waals surface area contributed by atoms with Gasteiger partial charge in [-0.05, 0) is 43.9 Å². The van der Waals surface area contributed by atoms with Crippen molar-refractivity contribution in [3.05, 3.63) is 29.8 Å². The molecule has 1 atom stereocenters. The van der Waals surface area contributed by atoms with Gasteiger partial charge in [0, 0.05) is 52.9 Å². The zero-order valence-corrected chi connectivity index (χ0v) is 18.2. The Morgan fingerprint density at radius 2 is 1.83 bits per heavy atom. The molecule has 1 aromatic carbocycles. The van der Waals surface area contributed by atoms with E-state index >= 15 is 0 Å². The van der Waals surface area contributed by atoms with E-state index in [2.05, 4.69) is 0 Å². The van der Waals surface area contributed by atoms with Gasteiger partial charge in [-0.1, -0.05) is 6.07 Å². The van der Waals surface area contributed by atoms with Gasteiger partial charge in [0.05, 0.1) is 6.10 Å². The van der Waals surface area contributed by atoms with E-state index < -0.39 is 10.2 Å². The second-order valence-electron chi connectivity index (χ2n) is 7.79. The number of nitrogens with zero attached hydrogens (tertiary/aromatic N) is 3. The average Bonchev–Trinajstić information content (AvgIpc) is 2.73. The van der Waals surface area contributed by atoms with Crippen molar-refractivity contribution < 1.29 is 22.7 Å². The molecule has 162 valence electrons. The van der Waals surface area contributed by atoms with Gasteiger partial charge in [-0.2, -0.15) is 17.0 Å². The molecule has 29 heavy (non-hydrogen) atoms. The number of methoxy groups -OCH3 is 1. The topological polar surface area (TPSA) is 79.4 Å². The summed E-state index contributed by atoms with van der Waals surface area (Å²) in [6.07, 6.45) is 3.18. The van der Waals surface area contributed by atoms with Crippen molar-refractivity contribution in [1.29, 1.82) is 0 Å². The van der Waals surface area contributed by atoms with Gasteiger partial charge in [0.15, 0.2) is 0 Å². The zero-order chi connectivity index (χ0) is 21.0. The van der Waals surface area contributed by atoms with Crippen LogP contribution in [0.25, 0.3) is 0 Å². The highest BCUT2D eigenvalue weighted by molar-refractivity contribution is 7.86. The Kier molecular flexibility index (Phi) is 7.15. The lowest BCUT2D eigenvalue weighted by Crippen LogP contribution is -2.46. The number of carbonyl (C=O) groups excluding carboxylic acids is 1. The van der Waals surface area contributed by atoms with Crippen LogP contribution < -0.4 is 4.74 Å². The predicted molar refractivity (Wildman–Crippen MR) is 110 cm³/mol. The van der Waals surface area contributed by atoms with Crippen LogP contribution in [0.15, 0.2) is 24.3 Å². The maximum Gasteiger partial charge on any atom is 0.281 e. The summed E-state index contributed by atoms with van der Waals surface area (Å²) < 4.78 is 38.6. The number of carbonyl (C=O) groups is 1. The summed E-state index contributed by atoms with van der Waals surface area (Å²) in [5, 5.41) is 0. The van der Waals surface area contributed by atoms with E-state index in [1.54, 1.807) is 19.2 Å². The van der Waals surface area contributed by atoms with Crippen LogP contribution in [0.2, 0.25) is 0 Å². The van der Waals surface area contributed by atoms with E-state index in [9.17, 15) is 13.2 Å². The Morgan fingerprint density at radius 1 is 1.10 bits per heavy atom. The number of ether oxygens (including phenoxy) is 2. The summed E-state index contributed by atoms with van der Waals surface area (Å²) in [5.74, 6) is 0.633. The van der Waals surface area contributed by atoms with Crippen LogP contribution in [0.5, 0.6) is 5.75 Å². The molecule has 0 saturated carbocycles. The minimum Gasteiger partial charge on any atom is -0.490 e. The molecular formula is C20H31N3O5S. The second-order valence-corrected chi connectivity index (χ2v) is 9.93. The Hall–Kier alpha value is -1.68. The highest BCUT2D eigenvalue weighted by Gasteiger charge is 2.30. The lowest BCUT2D eigenvalue weighted by atomic mass is 10.1. The van der Waals surface area contributed by atoms with Crippen LogP contribution in [0.4, 0.5) is 0 Å². The smallest absolute Gasteiger partial charge is 0.281 e. The van der Waals surface area contributed by atoms with Gasteiger partial charge in [-0.25, -0.2) is 0 Å². The van der Waals surface area contributed by atoms with Gasteiger partial charge < -0.3 is 14.4 Å². The van der Waals surface area contributed by atoms with Gasteiger partial charge in [0.2, 0.25) is 0 Å². The van der Waals surface area contributed by atoms with Crippen molar-refractivity contribution in [2.45, 2.75) is 37.9 Å². The van der Waals surface area contributed by atoms with Gasteiger partial charge >= 0.3 is 0 Å². The number of benzene rings is 1. The van der Waals surface area contributed by atoms with Gasteiger partial charge in [0.1, 0.15) is 11.9 Å². The normalized spacial score (nSPS) is 22.1. The summed E-state index contributed by atoms with van der Waals surface area (Å²) in [4.78, 5) is 14.7. The molecule has 0 spiro atoms. The van der Waals surface area contributed by atoms with Crippen LogP contribution in [-0.2, 0) is 14.9 Å². The zero-order valence-electron chi connectivity index (χ0n) is 17.4. The Balaban J connectivity index is 1.59. The molecule has 0 aromatic heterocycles. The molecule has 0 bridgehead atoms. The predicted octanol–water partition coefficient (Wildman–Crippen LogP) is 1.59. The van der Waals surface area contributed by atoms with E-state index in [1.807, 2.05) is 17.0 Å². The number of hydrogen-bond acceptors (Lipinski definition) is 5. The Morgan fingerprint density at radius 3 is 2.48 bits per heavy atom. The average molecular weight is 426 g/mol. The monoisotopic (exact) mass is 425 g/mol. The molecule has 2 aliphatic heterocycles. The van der Waals surface area contributed by atoms with Gasteiger partial charge in [-0.3, -0.25) is 4.79 Å². The van der Waals surface area contributed by atoms with Crippen LogP contribution in [0.3, 0.4) is 0 Å². The first kappa shape index (κ1) is 22.0. The highest BCUT2D eigenvalue weighted by atomic mass is 32.2. The fourth-order valence-corrected chi connectivity index (χ4v) is 4.94. The molecule has 2 aliphatic rings. The number of piperidine rings is 2. The Bertz CT molecular complexity index is 806. The molecule has 2 heterocycles. The molecular weight excluding hydrogens is 394 g/mol. The Labute approximate surface area is 173 Å². The van der Waals surface area contributed by atoms with Crippen molar-refractivity contribution >= 4 is 16.1 Å². The summed E-state index contributed by atoms with van der Waals surface area (Å²) in [6, 6.07) is 7.25. The van der Waals surface area contributed by atoms with Crippen molar-refractivity contribution in [2.75, 3.05) is 47.4 Å². The standard InChI is InChI=1S/C20H31N3O5S/c1-21(2)29(25,26)23-12-9-17(10-13-23)28-18-7-4-6-16(14-18)20(24)22-11-5-8-19(15-22)27-3/h4,6-7,14,17,19H,5,8-13,15H2,1-3H3/t19-/m1/s1. The summed E-state index contributed by atoms with van der Waals surface area (Å²) in [5.41, 5.74) is 0.604. The van der Waals surface area contributed by atoms with Crippen molar-refractivity contribution in [3.8, 4) is 5.75 Å². The largest absolute Gasteiger partial charge is 0.490 e. The summed E-state index contributed by atoms with van der Waals surface area (Å²) in [7, 11) is 1.38. The molecule has 9 heteroatoms. The van der Waals surface area contributed by atoms with E-state index in [-0.39, 0.29) is 18.1 Å². The lowest BCUT2D eigenvalue weighted by Gasteiger charge is -2.33. The number of rotatable bonds is 6. The first-order valence-corrected chi connectivity index (χ1v) is 11.5. The molecule has 0 unspecified atom stereocenters. The van der Waals surface area contributed by atoms with Crippen LogP contribution >= 0.6 is 0 Å². The maximum absolute atomic E-state index is 12.9. The molecule has 2 fully saturated rings. The summed E-state index contributed by atoms with van der Waals surface area (Å²) >= 11 is 0. The van der Waals surface area contributed by atoms with Crippen LogP contribution in [0.1, 0.15) is 36.0 Å². The van der Waals surface area contributed by atoms with E-state index in [0.29, 0.717) is 43.8 Å². The molecule has 8 nitrogen and oxygen atoms in total. The molecule has 0 radical (unpaired) electrons. The minimum atomic E-state index is -3.38. The summed E-state index contributed by atoms with van der Waals surface area (Å²) in [6.45, 7) is 2.20. The minimum absolute atomic E-state index is 0.0101. The highest BCUT2D eigenvalue weighted by Crippen LogP contribution is 2.23. The number of amides is 1. The van der Waals surface area contributed by atoms with E-state index in [1.165, 1.54) is 22.7 Å². The fraction of sp³-hybridized carbons (Fsp3) is 0.650. The van der Waals surface area contributed by atoms with E-state index in [4.69, 9.17) is 9.47 Å². The maximum atomic E-state index is 12.9. The van der Waals surface area contributed by atoms with Crippen LogP contribution in [0, 0.1) is 0 Å². The SMILES string of the molecule is CO[C@@H]1CCCN(C(=O)c2cccc(OC3CCN(S(=O)(=O)N(C)C)CC3)c2)C1. The molecule has 0 aliphatic carbocycles. The van der Waals surface area contributed by atoms with E-state index in [0.717, 1.165) is 19.4 Å². The number of hydrogen-bond donors (Lipinski definition) is 0. The van der Waals surface area contributed by atoms with Gasteiger partial charge in [0.25, 0.3) is 16.1 Å². The van der Waals surface area contributed by atoms with Crippen molar-refractivity contribution in [2.24, 2.45) is 0 Å². The first-order chi connectivity index (χ1) is 13.8. The fourth-order valence-electron chi connectivity index (χ4n) is 3.80. The third kappa shape index (κ3) is 5.28. The quantitative estimate of drug-likeness (QED) is 0.692. The second kappa shape index (κ2) is 9.42. The van der Waals surface area contributed by atoms with Crippen molar-refractivity contribution in [1.82, 2.24) is 13.5 Å².